The van der Waals surface area contributed by atoms with Gasteiger partial charge in [-0.25, -0.2) is 0 Å². The summed E-state index contributed by atoms with van der Waals surface area (Å²) < 4.78 is 6.06. The number of rotatable bonds is 5. The Morgan fingerprint density at radius 3 is 2.39 bits per heavy atom. The number of likely N-dealkylation sites (tertiary alicyclic amines) is 1. The van der Waals surface area contributed by atoms with Crippen molar-refractivity contribution in [3.63, 3.8) is 0 Å². The number of carbonyl (C=O) groups is 2. The Morgan fingerprint density at radius 2 is 1.75 bits per heavy atom. The summed E-state index contributed by atoms with van der Waals surface area (Å²) in [4.78, 5) is 26.5. The van der Waals surface area contributed by atoms with Crippen molar-refractivity contribution >= 4 is 56.6 Å². The topological polar surface area (TPSA) is 58.6 Å². The van der Waals surface area contributed by atoms with Gasteiger partial charge in [-0.3, -0.25) is 9.59 Å². The summed E-state index contributed by atoms with van der Waals surface area (Å²) >= 11 is 15.3. The van der Waals surface area contributed by atoms with Crippen LogP contribution >= 0.6 is 39.1 Å². The minimum absolute atomic E-state index is 0.0307. The van der Waals surface area contributed by atoms with Crippen molar-refractivity contribution in [1.29, 1.82) is 0 Å². The Morgan fingerprint density at radius 1 is 1.07 bits per heavy atom. The van der Waals surface area contributed by atoms with Gasteiger partial charge in [0.2, 0.25) is 0 Å². The second-order valence-corrected chi connectivity index (χ2v) is 8.16. The van der Waals surface area contributed by atoms with Gasteiger partial charge >= 0.3 is 0 Å². The number of anilines is 1. The number of carbonyl (C=O) groups excluding carboxylic acids is 2. The van der Waals surface area contributed by atoms with Gasteiger partial charge in [-0.2, -0.15) is 0 Å². The van der Waals surface area contributed by atoms with Crippen LogP contribution in [0.4, 0.5) is 5.69 Å². The van der Waals surface area contributed by atoms with Crippen molar-refractivity contribution in [2.24, 2.45) is 0 Å². The summed E-state index contributed by atoms with van der Waals surface area (Å²) in [7, 11) is 0. The molecule has 8 heteroatoms. The van der Waals surface area contributed by atoms with Gasteiger partial charge in [-0.1, -0.05) is 23.2 Å². The Hall–Kier alpha value is -1.76. The molecule has 28 heavy (non-hydrogen) atoms. The van der Waals surface area contributed by atoms with E-state index in [1.165, 1.54) is 6.42 Å². The van der Waals surface area contributed by atoms with E-state index in [-0.39, 0.29) is 18.4 Å². The van der Waals surface area contributed by atoms with Gasteiger partial charge in [0.1, 0.15) is 0 Å². The molecule has 1 fully saturated rings. The summed E-state index contributed by atoms with van der Waals surface area (Å²) in [6.07, 6.45) is 3.27. The first-order valence-electron chi connectivity index (χ1n) is 8.90. The van der Waals surface area contributed by atoms with Crippen molar-refractivity contribution in [2.45, 2.75) is 19.3 Å². The number of benzene rings is 2. The van der Waals surface area contributed by atoms with Crippen LogP contribution in [0, 0.1) is 0 Å². The van der Waals surface area contributed by atoms with Gasteiger partial charge in [-0.15, -0.1) is 0 Å². The first-order valence-corrected chi connectivity index (χ1v) is 10.5. The highest BCUT2D eigenvalue weighted by Crippen LogP contribution is 2.36. The van der Waals surface area contributed by atoms with E-state index in [4.69, 9.17) is 27.9 Å². The van der Waals surface area contributed by atoms with Crippen LogP contribution in [0.15, 0.2) is 40.9 Å². The fraction of sp³-hybridized carbons (Fsp3) is 0.300. The van der Waals surface area contributed by atoms with E-state index in [0.717, 1.165) is 25.9 Å². The number of nitrogens with zero attached hydrogens (tertiary/aromatic N) is 1. The smallest absolute Gasteiger partial charge is 0.262 e. The maximum atomic E-state index is 12.5. The highest BCUT2D eigenvalue weighted by atomic mass is 79.9. The van der Waals surface area contributed by atoms with Crippen molar-refractivity contribution < 1.29 is 14.3 Å². The lowest BCUT2D eigenvalue weighted by molar-refractivity contribution is -0.118. The molecule has 0 atom stereocenters. The number of hydrogen-bond acceptors (Lipinski definition) is 3. The molecular weight excluding hydrogens is 467 g/mol. The first-order chi connectivity index (χ1) is 13.4. The highest BCUT2D eigenvalue weighted by Gasteiger charge is 2.18. The maximum Gasteiger partial charge on any atom is 0.262 e. The lowest BCUT2D eigenvalue weighted by Crippen LogP contribution is -2.35. The van der Waals surface area contributed by atoms with Crippen molar-refractivity contribution in [1.82, 2.24) is 4.90 Å². The molecule has 1 N–H and O–H groups in total. The van der Waals surface area contributed by atoms with E-state index in [1.807, 2.05) is 4.90 Å². The van der Waals surface area contributed by atoms with Gasteiger partial charge in [0, 0.05) is 29.4 Å². The van der Waals surface area contributed by atoms with Crippen molar-refractivity contribution in [3.05, 3.63) is 56.5 Å². The number of nitrogens with one attached hydrogen (secondary N) is 1. The number of piperidine rings is 1. The molecular formula is C20H19BrCl2N2O3. The van der Waals surface area contributed by atoms with Gasteiger partial charge in [0.05, 0.1) is 9.50 Å². The summed E-state index contributed by atoms with van der Waals surface area (Å²) in [5.41, 5.74) is 1.21. The molecule has 0 spiro atoms. The van der Waals surface area contributed by atoms with Crippen LogP contribution in [0.25, 0.3) is 0 Å². The number of ether oxygens (including phenoxy) is 1. The third-order valence-electron chi connectivity index (χ3n) is 4.37. The molecule has 1 aliphatic heterocycles. The Kier molecular flexibility index (Phi) is 7.21. The zero-order chi connectivity index (χ0) is 20.1. The summed E-state index contributed by atoms with van der Waals surface area (Å²) in [5, 5.41) is 3.51. The lowest BCUT2D eigenvalue weighted by atomic mass is 10.1. The summed E-state index contributed by atoms with van der Waals surface area (Å²) in [6.45, 7) is 1.39. The molecule has 148 valence electrons. The van der Waals surface area contributed by atoms with E-state index in [9.17, 15) is 9.59 Å². The molecule has 1 saturated heterocycles. The molecule has 1 heterocycles. The number of amides is 2. The van der Waals surface area contributed by atoms with Crippen molar-refractivity contribution in [2.75, 3.05) is 25.0 Å². The molecule has 3 rings (SSSR count). The van der Waals surface area contributed by atoms with Gasteiger partial charge in [0.15, 0.2) is 12.4 Å². The van der Waals surface area contributed by atoms with Gasteiger partial charge in [-0.05, 0) is 71.6 Å². The second-order valence-electron chi connectivity index (χ2n) is 6.47. The molecule has 1 aliphatic rings. The Bertz CT molecular complexity index is 845. The fourth-order valence-electron chi connectivity index (χ4n) is 2.98. The van der Waals surface area contributed by atoms with Crippen LogP contribution in [-0.4, -0.2) is 36.4 Å². The second kappa shape index (κ2) is 9.63. The predicted octanol–water partition coefficient (Wildman–Crippen LogP) is 5.40. The van der Waals surface area contributed by atoms with Crippen LogP contribution in [0.3, 0.4) is 0 Å². The minimum Gasteiger partial charge on any atom is -0.481 e. The van der Waals surface area contributed by atoms with E-state index in [1.54, 1.807) is 36.4 Å². The standard InChI is InChI=1S/C20H19BrCl2N2O3/c21-16-10-14(22)11-17(23)19(16)28-12-18(26)24-15-6-4-13(5-7-15)20(27)25-8-2-1-3-9-25/h4-7,10-11H,1-3,8-9,12H2,(H,24,26). The van der Waals surface area contributed by atoms with E-state index in [0.29, 0.717) is 31.5 Å². The summed E-state index contributed by atoms with van der Waals surface area (Å²) in [5.74, 6) is 0.0415. The molecule has 0 unspecified atom stereocenters. The van der Waals surface area contributed by atoms with Gasteiger partial charge in [0.25, 0.3) is 11.8 Å². The third-order valence-corrected chi connectivity index (χ3v) is 5.46. The highest BCUT2D eigenvalue weighted by molar-refractivity contribution is 9.10. The molecule has 0 aromatic heterocycles. The zero-order valence-electron chi connectivity index (χ0n) is 15.0. The molecule has 0 aliphatic carbocycles. The molecule has 0 saturated carbocycles. The molecule has 2 amide bonds. The average Bonchev–Trinajstić information content (AvgIpc) is 2.68. The average molecular weight is 486 g/mol. The monoisotopic (exact) mass is 484 g/mol. The van der Waals surface area contributed by atoms with Crippen LogP contribution in [-0.2, 0) is 4.79 Å². The molecule has 2 aromatic carbocycles. The van der Waals surface area contributed by atoms with Crippen LogP contribution in [0.1, 0.15) is 29.6 Å². The first kappa shape index (κ1) is 21.0. The van der Waals surface area contributed by atoms with E-state index in [2.05, 4.69) is 21.2 Å². The molecule has 0 bridgehead atoms. The summed E-state index contributed by atoms with van der Waals surface area (Å²) in [6, 6.07) is 10.0. The third kappa shape index (κ3) is 5.40. The Balaban J connectivity index is 1.55. The quantitative estimate of drug-likeness (QED) is 0.616. The van der Waals surface area contributed by atoms with Gasteiger partial charge < -0.3 is 15.0 Å². The SMILES string of the molecule is O=C(COc1c(Cl)cc(Cl)cc1Br)Nc1ccc(C(=O)N2CCCCC2)cc1. The van der Waals surface area contributed by atoms with E-state index >= 15 is 0 Å². The van der Waals surface area contributed by atoms with Crippen LogP contribution in [0.2, 0.25) is 10.0 Å². The minimum atomic E-state index is -0.340. The Labute approximate surface area is 182 Å². The number of hydrogen-bond donors (Lipinski definition) is 1. The van der Waals surface area contributed by atoms with Crippen molar-refractivity contribution in [3.8, 4) is 5.75 Å². The lowest BCUT2D eigenvalue weighted by Gasteiger charge is -2.26. The number of halogens is 3. The van der Waals surface area contributed by atoms with E-state index < -0.39 is 0 Å². The fourth-order valence-corrected chi connectivity index (χ4v) is 4.35. The largest absolute Gasteiger partial charge is 0.481 e. The predicted molar refractivity (Wildman–Crippen MR) is 114 cm³/mol. The molecule has 0 radical (unpaired) electrons. The maximum absolute atomic E-state index is 12.5. The van der Waals surface area contributed by atoms with Crippen LogP contribution < -0.4 is 10.1 Å². The zero-order valence-corrected chi connectivity index (χ0v) is 18.1. The van der Waals surface area contributed by atoms with Crippen LogP contribution in [0.5, 0.6) is 5.75 Å². The molecule has 2 aromatic rings. The normalized spacial score (nSPS) is 13.9. The molecule has 5 nitrogen and oxygen atoms in total.